The number of ether oxygens (including phenoxy) is 2. The number of nitrogens with one attached hydrogen (secondary N) is 4. The number of rotatable bonds is 23. The van der Waals surface area contributed by atoms with Gasteiger partial charge in [0, 0.05) is 52.3 Å². The van der Waals surface area contributed by atoms with Crippen LogP contribution >= 0.6 is 23.2 Å². The molecule has 0 bridgehead atoms. The molecule has 81 heavy (non-hydrogen) atoms. The summed E-state index contributed by atoms with van der Waals surface area (Å²) in [5.41, 5.74) is 6.02. The molecule has 0 saturated heterocycles. The Morgan fingerprint density at radius 2 is 0.988 bits per heavy atom. The van der Waals surface area contributed by atoms with Crippen molar-refractivity contribution in [2.45, 2.75) is 32.7 Å². The van der Waals surface area contributed by atoms with Crippen molar-refractivity contribution in [3.05, 3.63) is 203 Å². The van der Waals surface area contributed by atoms with Gasteiger partial charge in [0.25, 0.3) is 0 Å². The fraction of sp³-hybridized carbons (Fsp3) is 0.186. The molecule has 0 aliphatic carbocycles. The van der Waals surface area contributed by atoms with Gasteiger partial charge in [0.15, 0.2) is 0 Å². The standard InChI is InChI=1S/C30H28ClFN4O4S.C29H26ClFN4O4S/c1-41(37,38)13-3-12-33-17-24-8-11-28(40-24)21-6-9-27-25(15-21)30(35-19-34-27)36-23-7-10-29(26(31)16-23)39-18-20-4-2-5-22(32)14-20;1-40(36,37)12-11-32-16-23-7-10-27(39-23)20-5-8-26-24(14-20)29(34-18-33-26)35-22-6-9-28(25(30)15-22)38-17-19-3-2-4-21(31)13-19/h2,4-11,14-16,19,33H,3,12-13,17-18H2,1H3,(H,34,35,36);2-10,13-15,18,32H,11-12,16-17H2,1H3,(H,33,34,35). The highest BCUT2D eigenvalue weighted by molar-refractivity contribution is 7.90. The van der Waals surface area contributed by atoms with E-state index in [-0.39, 0.29) is 36.4 Å². The molecule has 0 spiro atoms. The Morgan fingerprint density at radius 3 is 1.43 bits per heavy atom. The van der Waals surface area contributed by atoms with Crippen molar-refractivity contribution >= 4 is 87.7 Å². The highest BCUT2D eigenvalue weighted by Gasteiger charge is 2.15. The van der Waals surface area contributed by atoms with Crippen LogP contribution in [0.15, 0.2) is 167 Å². The van der Waals surface area contributed by atoms with Crippen LogP contribution in [-0.2, 0) is 46.0 Å². The second-order valence-corrected chi connectivity index (χ2v) is 24.1. The predicted octanol–water partition coefficient (Wildman–Crippen LogP) is 12.7. The highest BCUT2D eigenvalue weighted by Crippen LogP contribution is 2.35. The van der Waals surface area contributed by atoms with Crippen LogP contribution in [0, 0.1) is 11.6 Å². The third kappa shape index (κ3) is 16.8. The van der Waals surface area contributed by atoms with Crippen molar-refractivity contribution in [2.24, 2.45) is 0 Å². The van der Waals surface area contributed by atoms with E-state index in [0.29, 0.717) is 106 Å². The molecule has 0 saturated carbocycles. The Kier molecular flexibility index (Phi) is 18.9. The van der Waals surface area contributed by atoms with Gasteiger partial charge in [-0.15, -0.1) is 0 Å². The molecule has 10 aromatic rings. The Balaban J connectivity index is 0.000000196. The molecule has 0 fully saturated rings. The Bertz CT molecular complexity index is 4060. The van der Waals surface area contributed by atoms with E-state index in [9.17, 15) is 25.6 Å². The number of halogens is 4. The molecule has 418 valence electrons. The van der Waals surface area contributed by atoms with Crippen LogP contribution in [0.2, 0.25) is 10.0 Å². The quantitative estimate of drug-likeness (QED) is 0.0439. The summed E-state index contributed by atoms with van der Waals surface area (Å²) in [6, 6.07) is 42.1. The lowest BCUT2D eigenvalue weighted by molar-refractivity contribution is 0.306. The van der Waals surface area contributed by atoms with Crippen molar-refractivity contribution in [3.63, 3.8) is 0 Å². The third-order valence-electron chi connectivity index (χ3n) is 12.2. The normalized spacial score (nSPS) is 11.6. The zero-order valence-corrected chi connectivity index (χ0v) is 46.9. The number of anilines is 4. The molecule has 0 aliphatic heterocycles. The Hall–Kier alpha value is -7.98. The van der Waals surface area contributed by atoms with Gasteiger partial charge in [-0.2, -0.15) is 0 Å². The molecule has 0 atom stereocenters. The van der Waals surface area contributed by atoms with Gasteiger partial charge >= 0.3 is 0 Å². The molecule has 0 aliphatic rings. The molecule has 10 rings (SSSR count). The predicted molar refractivity (Wildman–Crippen MR) is 313 cm³/mol. The minimum Gasteiger partial charge on any atom is -0.487 e. The lowest BCUT2D eigenvalue weighted by Gasteiger charge is -2.12. The first-order valence-corrected chi connectivity index (χ1v) is 30.2. The third-order valence-corrected chi connectivity index (χ3v) is 14.8. The molecule has 22 heteroatoms. The number of sulfone groups is 2. The number of nitrogens with zero attached hydrogens (tertiary/aromatic N) is 4. The summed E-state index contributed by atoms with van der Waals surface area (Å²) in [5, 5.41) is 15.3. The molecule has 4 aromatic heterocycles. The number of hydrogen-bond acceptors (Lipinski definition) is 16. The van der Waals surface area contributed by atoms with Crippen LogP contribution in [0.4, 0.5) is 31.8 Å². The number of furan rings is 2. The Morgan fingerprint density at radius 1 is 0.519 bits per heavy atom. The van der Waals surface area contributed by atoms with E-state index in [1.54, 1.807) is 48.5 Å². The summed E-state index contributed by atoms with van der Waals surface area (Å²) in [5.74, 6) is 4.52. The van der Waals surface area contributed by atoms with E-state index in [4.69, 9.17) is 41.5 Å². The highest BCUT2D eigenvalue weighted by atomic mass is 35.5. The van der Waals surface area contributed by atoms with Gasteiger partial charge in [-0.25, -0.2) is 45.6 Å². The van der Waals surface area contributed by atoms with Crippen molar-refractivity contribution in [3.8, 4) is 34.1 Å². The molecule has 4 heterocycles. The van der Waals surface area contributed by atoms with E-state index in [0.717, 1.165) is 38.7 Å². The fourth-order valence-electron chi connectivity index (χ4n) is 8.26. The fourth-order valence-corrected chi connectivity index (χ4v) is 9.91. The SMILES string of the molecule is CS(=O)(=O)CCCNCc1ccc(-c2ccc3ncnc(Nc4ccc(OCc5cccc(F)c5)c(Cl)c4)c3c2)o1.CS(=O)(=O)CCNCc1ccc(-c2ccc3ncnc(Nc4ccc(OCc5cccc(F)c5)c(Cl)c4)c3c2)o1. The molecule has 6 aromatic carbocycles. The summed E-state index contributed by atoms with van der Waals surface area (Å²) >= 11 is 12.9. The largest absolute Gasteiger partial charge is 0.487 e. The van der Waals surface area contributed by atoms with E-state index >= 15 is 0 Å². The lowest BCUT2D eigenvalue weighted by atomic mass is 10.1. The van der Waals surface area contributed by atoms with Crippen LogP contribution < -0.4 is 30.7 Å². The summed E-state index contributed by atoms with van der Waals surface area (Å²) in [7, 11) is -5.98. The molecule has 0 unspecified atom stereocenters. The average molecular weight is 1180 g/mol. The van der Waals surface area contributed by atoms with Crippen molar-refractivity contribution in [2.75, 3.05) is 47.7 Å². The second-order valence-electron chi connectivity index (χ2n) is 18.8. The topological polar surface area (TPSA) is 213 Å². The molecular weight excluding hydrogens is 1120 g/mol. The van der Waals surface area contributed by atoms with Gasteiger partial charge < -0.3 is 39.6 Å². The average Bonchev–Trinajstić information content (AvgIpc) is 4.12. The zero-order chi connectivity index (χ0) is 56.9. The summed E-state index contributed by atoms with van der Waals surface area (Å²) < 4.78 is 95.6. The van der Waals surface area contributed by atoms with Crippen LogP contribution in [-0.4, -0.2) is 73.9 Å². The minimum absolute atomic E-state index is 0.0664. The van der Waals surface area contributed by atoms with Gasteiger partial charge in [-0.3, -0.25) is 0 Å². The minimum atomic E-state index is -3.02. The van der Waals surface area contributed by atoms with Crippen LogP contribution in [0.3, 0.4) is 0 Å². The maximum Gasteiger partial charge on any atom is 0.148 e. The van der Waals surface area contributed by atoms with Crippen molar-refractivity contribution in [1.29, 1.82) is 0 Å². The van der Waals surface area contributed by atoms with Crippen LogP contribution in [0.1, 0.15) is 29.1 Å². The first-order valence-electron chi connectivity index (χ1n) is 25.3. The summed E-state index contributed by atoms with van der Waals surface area (Å²) in [6.45, 7) is 2.22. The van der Waals surface area contributed by atoms with Crippen LogP contribution in [0.5, 0.6) is 11.5 Å². The maximum atomic E-state index is 13.4. The second kappa shape index (κ2) is 26.5. The lowest BCUT2D eigenvalue weighted by Crippen LogP contribution is -2.21. The molecule has 0 amide bonds. The maximum absolute atomic E-state index is 13.4. The van der Waals surface area contributed by atoms with Gasteiger partial charge in [-0.1, -0.05) is 47.5 Å². The van der Waals surface area contributed by atoms with Crippen molar-refractivity contribution in [1.82, 2.24) is 30.6 Å². The van der Waals surface area contributed by atoms with E-state index in [1.807, 2.05) is 72.8 Å². The first-order chi connectivity index (χ1) is 39.0. The summed E-state index contributed by atoms with van der Waals surface area (Å²) in [4.78, 5) is 17.6. The van der Waals surface area contributed by atoms with Gasteiger partial charge in [0.1, 0.15) is 103 Å². The van der Waals surface area contributed by atoms with E-state index < -0.39 is 19.7 Å². The number of aromatic nitrogens is 4. The summed E-state index contributed by atoms with van der Waals surface area (Å²) in [6.07, 6.45) is 5.96. The Labute approximate surface area is 476 Å². The van der Waals surface area contributed by atoms with E-state index in [1.165, 1.54) is 49.4 Å². The molecule has 16 nitrogen and oxygen atoms in total. The monoisotopic (exact) mass is 1170 g/mol. The van der Waals surface area contributed by atoms with Crippen molar-refractivity contribution < 1.29 is 43.9 Å². The number of hydrogen-bond donors (Lipinski definition) is 4. The van der Waals surface area contributed by atoms with Gasteiger partial charge in [0.05, 0.1) is 45.7 Å². The number of benzene rings is 6. The zero-order valence-electron chi connectivity index (χ0n) is 43.8. The van der Waals surface area contributed by atoms with Gasteiger partial charge in [0.2, 0.25) is 0 Å². The van der Waals surface area contributed by atoms with Gasteiger partial charge in [-0.05, 0) is 145 Å². The van der Waals surface area contributed by atoms with Crippen LogP contribution in [0.25, 0.3) is 44.5 Å². The number of fused-ring (bicyclic) bond motifs is 2. The first kappa shape index (κ1) is 57.7. The molecule has 4 N–H and O–H groups in total. The van der Waals surface area contributed by atoms with E-state index in [2.05, 4.69) is 41.2 Å². The smallest absolute Gasteiger partial charge is 0.148 e. The molecule has 0 radical (unpaired) electrons. The molecular formula is C59H54Cl2F2N8O8S2.